The second kappa shape index (κ2) is 10.0. The molecule has 1 unspecified atom stereocenters. The normalized spacial score (nSPS) is 12.4. The Morgan fingerprint density at radius 1 is 1.10 bits per heavy atom. The molecule has 0 fully saturated rings. The van der Waals surface area contributed by atoms with Crippen molar-refractivity contribution in [2.24, 2.45) is 0 Å². The number of unbranched alkanes of at least 4 members (excludes halogenated alkanes) is 6. The van der Waals surface area contributed by atoms with E-state index in [1.807, 2.05) is 0 Å². The minimum Gasteiger partial charge on any atom is -0.496 e. The van der Waals surface area contributed by atoms with E-state index < -0.39 is 0 Å². The lowest BCUT2D eigenvalue weighted by atomic mass is 10.0. The monoisotopic (exact) mass is 300 g/mol. The molecule has 114 valence electrons. The Kier molecular flexibility index (Phi) is 8.68. The average Bonchev–Trinajstić information content (AvgIpc) is 2.46. The molecule has 20 heavy (non-hydrogen) atoms. The summed E-state index contributed by atoms with van der Waals surface area (Å²) in [6.45, 7) is 2.23. The molecular formula is C17H26ClFO. The molecule has 0 bridgehead atoms. The molecule has 0 spiro atoms. The Morgan fingerprint density at radius 2 is 1.75 bits per heavy atom. The number of ether oxygens (including phenoxy) is 1. The summed E-state index contributed by atoms with van der Waals surface area (Å²) in [4.78, 5) is 0. The van der Waals surface area contributed by atoms with Crippen molar-refractivity contribution in [1.29, 1.82) is 0 Å². The van der Waals surface area contributed by atoms with Crippen LogP contribution in [0.2, 0.25) is 0 Å². The minimum atomic E-state index is -0.258. The first-order valence-electron chi connectivity index (χ1n) is 7.66. The van der Waals surface area contributed by atoms with Gasteiger partial charge in [0.25, 0.3) is 0 Å². The number of hydrogen-bond acceptors (Lipinski definition) is 1. The number of rotatable bonds is 10. The van der Waals surface area contributed by atoms with Crippen LogP contribution < -0.4 is 4.74 Å². The van der Waals surface area contributed by atoms with E-state index in [1.54, 1.807) is 13.2 Å². The van der Waals surface area contributed by atoms with Crippen molar-refractivity contribution in [3.05, 3.63) is 29.6 Å². The third kappa shape index (κ3) is 6.13. The molecule has 1 atom stereocenters. The Morgan fingerprint density at radius 3 is 2.40 bits per heavy atom. The summed E-state index contributed by atoms with van der Waals surface area (Å²) in [7, 11) is 1.59. The molecule has 1 nitrogen and oxygen atoms in total. The standard InChI is InChI=1S/C17H26ClFO/c1-3-4-5-6-7-8-9-10-16(18)15-13-14(19)11-12-17(15)20-2/h11-13,16H,3-10H2,1-2H3. The van der Waals surface area contributed by atoms with Crippen molar-refractivity contribution in [3.8, 4) is 5.75 Å². The van der Waals surface area contributed by atoms with Gasteiger partial charge in [-0.25, -0.2) is 4.39 Å². The first-order chi connectivity index (χ1) is 9.69. The summed E-state index contributed by atoms with van der Waals surface area (Å²) < 4.78 is 18.5. The lowest BCUT2D eigenvalue weighted by molar-refractivity contribution is 0.406. The molecule has 1 rings (SSSR count). The van der Waals surface area contributed by atoms with Crippen LogP contribution in [0.1, 0.15) is 69.2 Å². The van der Waals surface area contributed by atoms with Crippen LogP contribution in [0.3, 0.4) is 0 Å². The fraction of sp³-hybridized carbons (Fsp3) is 0.647. The molecule has 1 aromatic carbocycles. The van der Waals surface area contributed by atoms with Crippen LogP contribution in [0, 0.1) is 5.82 Å². The van der Waals surface area contributed by atoms with Crippen LogP contribution in [-0.4, -0.2) is 7.11 Å². The maximum Gasteiger partial charge on any atom is 0.123 e. The molecule has 0 aliphatic carbocycles. The predicted molar refractivity (Wildman–Crippen MR) is 84.2 cm³/mol. The molecule has 0 radical (unpaired) electrons. The lowest BCUT2D eigenvalue weighted by Crippen LogP contribution is -1.97. The smallest absolute Gasteiger partial charge is 0.123 e. The fourth-order valence-corrected chi connectivity index (χ4v) is 2.71. The van der Waals surface area contributed by atoms with Gasteiger partial charge >= 0.3 is 0 Å². The lowest BCUT2D eigenvalue weighted by Gasteiger charge is -2.14. The molecule has 0 amide bonds. The Bertz CT molecular complexity index is 381. The molecular weight excluding hydrogens is 275 g/mol. The van der Waals surface area contributed by atoms with Crippen LogP contribution >= 0.6 is 11.6 Å². The summed E-state index contributed by atoms with van der Waals surface area (Å²) in [5.74, 6) is 0.417. The number of alkyl halides is 1. The summed E-state index contributed by atoms with van der Waals surface area (Å²) >= 11 is 6.38. The molecule has 0 aliphatic heterocycles. The molecule has 0 aromatic heterocycles. The molecule has 0 heterocycles. The van der Waals surface area contributed by atoms with Gasteiger partial charge in [0.2, 0.25) is 0 Å². The van der Waals surface area contributed by atoms with Crippen molar-refractivity contribution >= 4 is 11.6 Å². The van der Waals surface area contributed by atoms with Crippen molar-refractivity contribution in [2.75, 3.05) is 7.11 Å². The van der Waals surface area contributed by atoms with Gasteiger partial charge in [-0.05, 0) is 24.6 Å². The number of hydrogen-bond donors (Lipinski definition) is 0. The fourth-order valence-electron chi connectivity index (χ4n) is 2.39. The van der Waals surface area contributed by atoms with E-state index >= 15 is 0 Å². The van der Waals surface area contributed by atoms with Gasteiger partial charge in [-0.15, -0.1) is 11.6 Å². The second-order valence-corrected chi connectivity index (χ2v) is 5.79. The highest BCUT2D eigenvalue weighted by atomic mass is 35.5. The van der Waals surface area contributed by atoms with Gasteiger partial charge in [-0.2, -0.15) is 0 Å². The number of benzene rings is 1. The van der Waals surface area contributed by atoms with Gasteiger partial charge in [0, 0.05) is 5.56 Å². The van der Waals surface area contributed by atoms with Gasteiger partial charge in [0.15, 0.2) is 0 Å². The zero-order chi connectivity index (χ0) is 14.8. The van der Waals surface area contributed by atoms with E-state index in [4.69, 9.17) is 16.3 Å². The number of halogens is 2. The van der Waals surface area contributed by atoms with Gasteiger partial charge in [-0.3, -0.25) is 0 Å². The van der Waals surface area contributed by atoms with Gasteiger partial charge < -0.3 is 4.74 Å². The maximum absolute atomic E-state index is 13.3. The van der Waals surface area contributed by atoms with Crippen LogP contribution in [0.4, 0.5) is 4.39 Å². The third-order valence-electron chi connectivity index (χ3n) is 3.59. The summed E-state index contributed by atoms with van der Waals surface area (Å²) in [5.41, 5.74) is 0.764. The van der Waals surface area contributed by atoms with Crippen molar-refractivity contribution in [1.82, 2.24) is 0 Å². The van der Waals surface area contributed by atoms with E-state index in [0.717, 1.165) is 18.4 Å². The van der Waals surface area contributed by atoms with Crippen molar-refractivity contribution in [2.45, 2.75) is 63.7 Å². The van der Waals surface area contributed by atoms with Gasteiger partial charge in [0.05, 0.1) is 12.5 Å². The van der Waals surface area contributed by atoms with Crippen molar-refractivity contribution < 1.29 is 9.13 Å². The molecule has 1 aromatic rings. The Hall–Kier alpha value is -0.760. The number of methoxy groups -OCH3 is 1. The summed E-state index contributed by atoms with van der Waals surface area (Å²) in [6, 6.07) is 4.53. The zero-order valence-electron chi connectivity index (χ0n) is 12.6. The minimum absolute atomic E-state index is 0.170. The first kappa shape index (κ1) is 17.3. The van der Waals surface area contributed by atoms with E-state index in [9.17, 15) is 4.39 Å². The topological polar surface area (TPSA) is 9.23 Å². The molecule has 0 aliphatic rings. The largest absolute Gasteiger partial charge is 0.496 e. The van der Waals surface area contributed by atoms with Gasteiger partial charge in [0.1, 0.15) is 11.6 Å². The van der Waals surface area contributed by atoms with Gasteiger partial charge in [-0.1, -0.05) is 51.9 Å². The molecule has 0 saturated heterocycles. The van der Waals surface area contributed by atoms with Crippen molar-refractivity contribution in [3.63, 3.8) is 0 Å². The van der Waals surface area contributed by atoms with Crippen LogP contribution in [-0.2, 0) is 0 Å². The molecule has 0 saturated carbocycles. The summed E-state index contributed by atoms with van der Waals surface area (Å²) in [5, 5.41) is -0.170. The Labute approximate surface area is 127 Å². The van der Waals surface area contributed by atoms with Crippen LogP contribution in [0.25, 0.3) is 0 Å². The van der Waals surface area contributed by atoms with Crippen LogP contribution in [0.15, 0.2) is 18.2 Å². The second-order valence-electron chi connectivity index (χ2n) is 5.26. The Balaban J connectivity index is 2.32. The highest BCUT2D eigenvalue weighted by Crippen LogP contribution is 2.34. The quantitative estimate of drug-likeness (QED) is 0.366. The summed E-state index contributed by atoms with van der Waals surface area (Å²) in [6.07, 6.45) is 9.67. The molecule has 0 N–H and O–H groups in total. The highest BCUT2D eigenvalue weighted by molar-refractivity contribution is 6.21. The van der Waals surface area contributed by atoms with Crippen LogP contribution in [0.5, 0.6) is 5.75 Å². The maximum atomic E-state index is 13.3. The third-order valence-corrected chi connectivity index (χ3v) is 4.04. The van der Waals surface area contributed by atoms with E-state index in [-0.39, 0.29) is 11.2 Å². The molecule has 3 heteroatoms. The predicted octanol–water partition coefficient (Wildman–Crippen LogP) is 6.25. The first-order valence-corrected chi connectivity index (χ1v) is 8.10. The SMILES string of the molecule is CCCCCCCCCC(Cl)c1cc(F)ccc1OC. The van der Waals surface area contributed by atoms with E-state index in [2.05, 4.69) is 6.92 Å². The van der Waals surface area contributed by atoms with E-state index in [0.29, 0.717) is 5.75 Å². The average molecular weight is 301 g/mol. The highest BCUT2D eigenvalue weighted by Gasteiger charge is 2.14. The zero-order valence-corrected chi connectivity index (χ0v) is 13.4. The van der Waals surface area contributed by atoms with E-state index in [1.165, 1.54) is 50.7 Å².